The van der Waals surface area contributed by atoms with E-state index in [-0.39, 0.29) is 5.41 Å². The van der Waals surface area contributed by atoms with Gasteiger partial charge in [-0.1, -0.05) is 50.0 Å². The van der Waals surface area contributed by atoms with Crippen LogP contribution in [0.2, 0.25) is 10.2 Å². The molecule has 1 heterocycles. The summed E-state index contributed by atoms with van der Waals surface area (Å²) < 4.78 is 1.54. The summed E-state index contributed by atoms with van der Waals surface area (Å²) in [5.41, 5.74) is 1.57. The summed E-state index contributed by atoms with van der Waals surface area (Å²) in [4.78, 5) is 11.2. The van der Waals surface area contributed by atoms with Crippen molar-refractivity contribution in [3.8, 4) is 5.69 Å². The summed E-state index contributed by atoms with van der Waals surface area (Å²) in [7, 11) is 0. The largest absolute Gasteiger partial charge is 0.298 e. The number of aldehydes is 1. The molecule has 0 atom stereocenters. The van der Waals surface area contributed by atoms with Gasteiger partial charge >= 0.3 is 0 Å². The molecule has 1 aromatic heterocycles. The van der Waals surface area contributed by atoms with Crippen LogP contribution in [0.25, 0.3) is 5.69 Å². The van der Waals surface area contributed by atoms with E-state index in [9.17, 15) is 4.79 Å². The molecular weight excluding hydrogens is 283 g/mol. The molecule has 1 aromatic carbocycles. The molecule has 0 aliphatic carbocycles. The Hall–Kier alpha value is -1.32. The number of aromatic nitrogens is 2. The Morgan fingerprint density at radius 3 is 2.42 bits per heavy atom. The van der Waals surface area contributed by atoms with Gasteiger partial charge in [-0.25, -0.2) is 4.68 Å². The Balaban J connectivity index is 2.66. The van der Waals surface area contributed by atoms with Gasteiger partial charge in [-0.2, -0.15) is 5.10 Å². The van der Waals surface area contributed by atoms with E-state index in [1.165, 1.54) is 4.68 Å². The van der Waals surface area contributed by atoms with Crippen molar-refractivity contribution in [3.05, 3.63) is 45.7 Å². The van der Waals surface area contributed by atoms with Crippen LogP contribution < -0.4 is 0 Å². The SMILES string of the molecule is CC(C)(C)c1nn(-c2cccc(Cl)c2)c(Cl)c1C=O. The zero-order valence-electron chi connectivity index (χ0n) is 10.9. The summed E-state index contributed by atoms with van der Waals surface area (Å²) in [6.45, 7) is 5.96. The quantitative estimate of drug-likeness (QED) is 0.775. The number of hydrogen-bond donors (Lipinski definition) is 0. The van der Waals surface area contributed by atoms with Crippen LogP contribution in [-0.4, -0.2) is 16.1 Å². The molecule has 0 amide bonds. The Morgan fingerprint density at radius 1 is 1.26 bits per heavy atom. The van der Waals surface area contributed by atoms with Gasteiger partial charge in [0.2, 0.25) is 0 Å². The molecule has 0 N–H and O–H groups in total. The highest BCUT2D eigenvalue weighted by Gasteiger charge is 2.26. The molecule has 0 saturated carbocycles. The van der Waals surface area contributed by atoms with Crippen molar-refractivity contribution < 1.29 is 4.79 Å². The summed E-state index contributed by atoms with van der Waals surface area (Å²) in [5, 5.41) is 5.36. The van der Waals surface area contributed by atoms with Crippen molar-refractivity contribution in [1.29, 1.82) is 0 Å². The van der Waals surface area contributed by atoms with Crippen molar-refractivity contribution in [3.63, 3.8) is 0 Å². The number of nitrogens with zero attached hydrogens (tertiary/aromatic N) is 2. The van der Waals surface area contributed by atoms with E-state index in [4.69, 9.17) is 23.2 Å². The standard InChI is InChI=1S/C14H14Cl2N2O/c1-14(2,3)12-11(8-19)13(16)18(17-12)10-6-4-5-9(15)7-10/h4-8H,1-3H3. The molecule has 0 aliphatic heterocycles. The smallest absolute Gasteiger partial charge is 0.155 e. The first-order chi connectivity index (χ1) is 8.84. The monoisotopic (exact) mass is 296 g/mol. The predicted octanol–water partition coefficient (Wildman–Crippen LogP) is 4.29. The molecule has 0 unspecified atom stereocenters. The Kier molecular flexibility index (Phi) is 3.70. The molecule has 0 bridgehead atoms. The maximum Gasteiger partial charge on any atom is 0.155 e. The fraction of sp³-hybridized carbons (Fsp3) is 0.286. The molecule has 2 rings (SSSR count). The number of carbonyl (C=O) groups excluding carboxylic acids is 1. The van der Waals surface area contributed by atoms with Gasteiger partial charge < -0.3 is 0 Å². The first-order valence-corrected chi connectivity index (χ1v) is 6.60. The minimum absolute atomic E-state index is 0.260. The third-order valence-corrected chi connectivity index (χ3v) is 3.34. The zero-order chi connectivity index (χ0) is 14.2. The molecule has 5 heteroatoms. The van der Waals surface area contributed by atoms with Crippen molar-refractivity contribution in [2.75, 3.05) is 0 Å². The second-order valence-corrected chi connectivity index (χ2v) is 6.11. The van der Waals surface area contributed by atoms with Gasteiger partial charge in [-0.15, -0.1) is 0 Å². The van der Waals surface area contributed by atoms with Crippen LogP contribution in [-0.2, 0) is 5.41 Å². The molecule has 19 heavy (non-hydrogen) atoms. The molecule has 0 radical (unpaired) electrons. The van der Waals surface area contributed by atoms with E-state index in [1.54, 1.807) is 12.1 Å². The summed E-state index contributed by atoms with van der Waals surface area (Å²) in [5.74, 6) is 0. The number of carbonyl (C=O) groups is 1. The van der Waals surface area contributed by atoms with Crippen molar-refractivity contribution in [1.82, 2.24) is 9.78 Å². The minimum Gasteiger partial charge on any atom is -0.298 e. The molecule has 100 valence electrons. The van der Waals surface area contributed by atoms with Crippen LogP contribution in [0.5, 0.6) is 0 Å². The Bertz CT molecular complexity index is 627. The van der Waals surface area contributed by atoms with E-state index in [0.717, 1.165) is 12.0 Å². The summed E-state index contributed by atoms with van der Waals surface area (Å²) in [6.07, 6.45) is 0.747. The molecule has 0 saturated heterocycles. The highest BCUT2D eigenvalue weighted by atomic mass is 35.5. The van der Waals surface area contributed by atoms with Gasteiger partial charge in [-0.3, -0.25) is 4.79 Å². The Labute approximate surface area is 122 Å². The van der Waals surface area contributed by atoms with Gasteiger partial charge in [0.1, 0.15) is 5.15 Å². The van der Waals surface area contributed by atoms with Gasteiger partial charge in [0.25, 0.3) is 0 Å². The molecule has 3 nitrogen and oxygen atoms in total. The van der Waals surface area contributed by atoms with Crippen LogP contribution in [0.4, 0.5) is 0 Å². The first kappa shape index (κ1) is 14.1. The third-order valence-electron chi connectivity index (χ3n) is 2.74. The van der Waals surface area contributed by atoms with Crippen molar-refractivity contribution in [2.45, 2.75) is 26.2 Å². The predicted molar refractivity (Wildman–Crippen MR) is 77.7 cm³/mol. The average molecular weight is 297 g/mol. The second-order valence-electron chi connectivity index (χ2n) is 5.31. The van der Waals surface area contributed by atoms with Crippen molar-refractivity contribution >= 4 is 29.5 Å². The van der Waals surface area contributed by atoms with E-state index in [1.807, 2.05) is 32.9 Å². The minimum atomic E-state index is -0.260. The fourth-order valence-corrected chi connectivity index (χ4v) is 2.30. The number of halogens is 2. The normalized spacial score (nSPS) is 11.6. The van der Waals surface area contributed by atoms with Crippen LogP contribution in [0.3, 0.4) is 0 Å². The first-order valence-electron chi connectivity index (χ1n) is 5.84. The maximum absolute atomic E-state index is 11.2. The van der Waals surface area contributed by atoms with Gasteiger partial charge in [-0.05, 0) is 18.2 Å². The lowest BCUT2D eigenvalue weighted by Gasteiger charge is -2.15. The van der Waals surface area contributed by atoms with E-state index >= 15 is 0 Å². The van der Waals surface area contributed by atoms with E-state index in [2.05, 4.69) is 5.10 Å². The summed E-state index contributed by atoms with van der Waals surface area (Å²) in [6, 6.07) is 7.17. The molecule has 0 aliphatic rings. The topological polar surface area (TPSA) is 34.9 Å². The zero-order valence-corrected chi connectivity index (χ0v) is 12.5. The number of rotatable bonds is 2. The van der Waals surface area contributed by atoms with Crippen LogP contribution in [0.15, 0.2) is 24.3 Å². The van der Waals surface area contributed by atoms with E-state index < -0.39 is 0 Å². The maximum atomic E-state index is 11.2. The fourth-order valence-electron chi connectivity index (χ4n) is 1.85. The average Bonchev–Trinajstić information content (AvgIpc) is 2.66. The van der Waals surface area contributed by atoms with Crippen molar-refractivity contribution in [2.24, 2.45) is 0 Å². The van der Waals surface area contributed by atoms with Gasteiger partial charge in [0, 0.05) is 10.4 Å². The van der Waals surface area contributed by atoms with Crippen LogP contribution >= 0.6 is 23.2 Å². The molecule has 0 spiro atoms. The lowest BCUT2D eigenvalue weighted by molar-refractivity contribution is 0.112. The molecule has 0 fully saturated rings. The highest BCUT2D eigenvalue weighted by molar-refractivity contribution is 6.32. The molecule has 2 aromatic rings. The lowest BCUT2D eigenvalue weighted by atomic mass is 9.90. The number of benzene rings is 1. The third kappa shape index (κ3) is 2.67. The second kappa shape index (κ2) is 4.99. The van der Waals surface area contributed by atoms with Crippen LogP contribution in [0.1, 0.15) is 36.8 Å². The Morgan fingerprint density at radius 2 is 1.95 bits per heavy atom. The van der Waals surface area contributed by atoms with Gasteiger partial charge in [0.05, 0.1) is 16.9 Å². The molecular formula is C14H14Cl2N2O. The highest BCUT2D eigenvalue weighted by Crippen LogP contribution is 2.30. The van der Waals surface area contributed by atoms with E-state index in [0.29, 0.717) is 21.4 Å². The summed E-state index contributed by atoms with van der Waals surface area (Å²) >= 11 is 12.2. The number of hydrogen-bond acceptors (Lipinski definition) is 2. The van der Waals surface area contributed by atoms with Gasteiger partial charge in [0.15, 0.2) is 6.29 Å². The lowest BCUT2D eigenvalue weighted by Crippen LogP contribution is -2.14. The van der Waals surface area contributed by atoms with Crippen LogP contribution in [0, 0.1) is 0 Å².